The number of hydrogen-bond donors (Lipinski definition) is 3. The molecule has 0 saturated heterocycles. The van der Waals surface area contributed by atoms with Gasteiger partial charge < -0.3 is 20.1 Å². The maximum Gasteiger partial charge on any atom is 0.303 e. The molecule has 1 aliphatic carbocycles. The van der Waals surface area contributed by atoms with Gasteiger partial charge in [-0.25, -0.2) is 4.68 Å². The first kappa shape index (κ1) is 14.9. The monoisotopic (exact) mass is 285 g/mol. The quantitative estimate of drug-likeness (QED) is 0.594. The lowest BCUT2D eigenvalue weighted by Crippen LogP contribution is -2.27. The van der Waals surface area contributed by atoms with Gasteiger partial charge in [0.15, 0.2) is 0 Å². The Kier molecular flexibility index (Phi) is 4.36. The van der Waals surface area contributed by atoms with Crippen LogP contribution in [0.3, 0.4) is 0 Å². The molecule has 8 nitrogen and oxygen atoms in total. The molecular formula is C12H19N3O5. The van der Waals surface area contributed by atoms with Crippen LogP contribution in [0.5, 0.6) is 0 Å². The minimum atomic E-state index is -0.711. The molecule has 2 atom stereocenters. The molecule has 0 spiro atoms. The van der Waals surface area contributed by atoms with Gasteiger partial charge in [0.1, 0.15) is 12.3 Å². The number of carbonyl (C=O) groups is 1. The van der Waals surface area contributed by atoms with Crippen molar-refractivity contribution in [2.24, 2.45) is 5.41 Å². The summed E-state index contributed by atoms with van der Waals surface area (Å²) in [6, 6.07) is -0.354. The third-order valence-electron chi connectivity index (χ3n) is 3.72. The van der Waals surface area contributed by atoms with Crippen molar-refractivity contribution in [3.05, 3.63) is 11.9 Å². The summed E-state index contributed by atoms with van der Waals surface area (Å²) in [5.74, 6) is -0.403. The van der Waals surface area contributed by atoms with Crippen LogP contribution in [0.15, 0.2) is 6.20 Å². The highest BCUT2D eigenvalue weighted by Crippen LogP contribution is 2.43. The third kappa shape index (κ3) is 2.97. The second kappa shape index (κ2) is 5.86. The van der Waals surface area contributed by atoms with Crippen molar-refractivity contribution < 1.29 is 24.9 Å². The van der Waals surface area contributed by atoms with Gasteiger partial charge in [0.25, 0.3) is 0 Å². The summed E-state index contributed by atoms with van der Waals surface area (Å²) in [7, 11) is 0. The molecule has 20 heavy (non-hydrogen) atoms. The van der Waals surface area contributed by atoms with Crippen molar-refractivity contribution in [2.75, 3.05) is 13.2 Å². The molecule has 1 aromatic heterocycles. The van der Waals surface area contributed by atoms with Gasteiger partial charge in [0.2, 0.25) is 0 Å². The lowest BCUT2D eigenvalue weighted by molar-refractivity contribution is -0.142. The smallest absolute Gasteiger partial charge is 0.303 e. The Morgan fingerprint density at radius 1 is 1.50 bits per heavy atom. The van der Waals surface area contributed by atoms with E-state index in [-0.39, 0.29) is 25.9 Å². The lowest BCUT2D eigenvalue weighted by Gasteiger charge is -2.23. The fourth-order valence-electron chi connectivity index (χ4n) is 2.54. The number of esters is 1. The van der Waals surface area contributed by atoms with E-state index in [0.29, 0.717) is 18.5 Å². The molecule has 112 valence electrons. The Morgan fingerprint density at radius 2 is 2.20 bits per heavy atom. The summed E-state index contributed by atoms with van der Waals surface area (Å²) in [4.78, 5) is 10.7. The molecule has 1 heterocycles. The van der Waals surface area contributed by atoms with Gasteiger partial charge in [-0.05, 0) is 12.8 Å². The molecular weight excluding hydrogens is 266 g/mol. The predicted octanol–water partition coefficient (Wildman–Crippen LogP) is -0.992. The number of rotatable bonds is 5. The summed E-state index contributed by atoms with van der Waals surface area (Å²) in [6.45, 7) is 0.962. The van der Waals surface area contributed by atoms with Crippen LogP contribution in [0.25, 0.3) is 0 Å². The molecule has 8 heteroatoms. The SMILES string of the molecule is CC(=O)OCc1cn([C@@H]2CC(CO)(CO)C[C@H]2O)nn1. The van der Waals surface area contributed by atoms with Crippen molar-refractivity contribution in [2.45, 2.75) is 38.5 Å². The van der Waals surface area contributed by atoms with Crippen LogP contribution in [0.2, 0.25) is 0 Å². The first-order valence-corrected chi connectivity index (χ1v) is 6.43. The highest BCUT2D eigenvalue weighted by atomic mass is 16.5. The Bertz CT molecular complexity index is 471. The molecule has 0 amide bonds. The summed E-state index contributed by atoms with van der Waals surface area (Å²) in [5, 5.41) is 36.6. The van der Waals surface area contributed by atoms with Gasteiger partial charge in [0.05, 0.1) is 31.6 Å². The number of ether oxygens (including phenoxy) is 1. The summed E-state index contributed by atoms with van der Waals surface area (Å²) in [5.41, 5.74) is -0.204. The van der Waals surface area contributed by atoms with Crippen LogP contribution >= 0.6 is 0 Å². The van der Waals surface area contributed by atoms with E-state index in [1.807, 2.05) is 0 Å². The number of aliphatic hydroxyl groups is 3. The minimum absolute atomic E-state index is 0.0310. The summed E-state index contributed by atoms with van der Waals surface area (Å²) >= 11 is 0. The Hall–Kier alpha value is -1.51. The highest BCUT2D eigenvalue weighted by Gasteiger charge is 2.45. The molecule has 0 bridgehead atoms. The van der Waals surface area contributed by atoms with Crippen molar-refractivity contribution in [1.82, 2.24) is 15.0 Å². The number of carbonyl (C=O) groups excluding carboxylic acids is 1. The average molecular weight is 285 g/mol. The molecule has 1 fully saturated rings. The summed E-state index contributed by atoms with van der Waals surface area (Å²) in [6.07, 6.45) is 1.61. The zero-order valence-corrected chi connectivity index (χ0v) is 11.3. The predicted molar refractivity (Wildman–Crippen MR) is 66.4 cm³/mol. The Balaban J connectivity index is 2.06. The van der Waals surface area contributed by atoms with Crippen LogP contribution < -0.4 is 0 Å². The van der Waals surface area contributed by atoms with E-state index in [9.17, 15) is 20.1 Å². The van der Waals surface area contributed by atoms with Crippen molar-refractivity contribution >= 4 is 5.97 Å². The van der Waals surface area contributed by atoms with E-state index in [2.05, 4.69) is 10.3 Å². The zero-order valence-electron chi connectivity index (χ0n) is 11.3. The molecule has 1 aromatic rings. The fraction of sp³-hybridized carbons (Fsp3) is 0.750. The first-order chi connectivity index (χ1) is 9.49. The lowest BCUT2D eigenvalue weighted by atomic mass is 9.88. The molecule has 1 aliphatic rings. The largest absolute Gasteiger partial charge is 0.459 e. The number of aromatic nitrogens is 3. The number of aliphatic hydroxyl groups excluding tert-OH is 3. The first-order valence-electron chi connectivity index (χ1n) is 6.43. The molecule has 2 rings (SSSR count). The van der Waals surface area contributed by atoms with Gasteiger partial charge >= 0.3 is 5.97 Å². The fourth-order valence-corrected chi connectivity index (χ4v) is 2.54. The average Bonchev–Trinajstić information content (AvgIpc) is 3.01. The number of hydrogen-bond acceptors (Lipinski definition) is 7. The maximum atomic E-state index is 10.7. The van der Waals surface area contributed by atoms with Gasteiger partial charge in [-0.1, -0.05) is 5.21 Å². The standard InChI is InChI=1S/C12H19N3O5/c1-8(18)20-5-9-4-15(14-13-9)10-2-12(6-16,7-17)3-11(10)19/h4,10-11,16-17,19H,2-3,5-7H2,1H3/t10-,11-/m1/s1. The molecule has 0 radical (unpaired) electrons. The van der Waals surface area contributed by atoms with Crippen molar-refractivity contribution in [3.63, 3.8) is 0 Å². The molecule has 0 aromatic carbocycles. The molecule has 1 saturated carbocycles. The second-order valence-electron chi connectivity index (χ2n) is 5.33. The topological polar surface area (TPSA) is 118 Å². The van der Waals surface area contributed by atoms with Crippen molar-refractivity contribution in [3.8, 4) is 0 Å². The van der Waals surface area contributed by atoms with Crippen LogP contribution in [0.4, 0.5) is 0 Å². The third-order valence-corrected chi connectivity index (χ3v) is 3.72. The van der Waals surface area contributed by atoms with E-state index < -0.39 is 17.5 Å². The van der Waals surface area contributed by atoms with Gasteiger partial charge in [-0.3, -0.25) is 4.79 Å². The molecule has 0 aliphatic heterocycles. The normalized spacial score (nSPS) is 24.8. The van der Waals surface area contributed by atoms with E-state index >= 15 is 0 Å². The van der Waals surface area contributed by atoms with Gasteiger partial charge in [-0.2, -0.15) is 0 Å². The van der Waals surface area contributed by atoms with Crippen LogP contribution in [0.1, 0.15) is 31.5 Å². The molecule has 0 unspecified atom stereocenters. The van der Waals surface area contributed by atoms with Crippen LogP contribution in [-0.2, 0) is 16.1 Å². The minimum Gasteiger partial charge on any atom is -0.459 e. The number of nitrogens with zero attached hydrogens (tertiary/aromatic N) is 3. The van der Waals surface area contributed by atoms with Gasteiger partial charge in [-0.15, -0.1) is 5.10 Å². The second-order valence-corrected chi connectivity index (χ2v) is 5.33. The highest BCUT2D eigenvalue weighted by molar-refractivity contribution is 5.65. The maximum absolute atomic E-state index is 10.7. The van der Waals surface area contributed by atoms with E-state index in [4.69, 9.17) is 4.74 Å². The van der Waals surface area contributed by atoms with E-state index in [1.54, 1.807) is 6.20 Å². The summed E-state index contributed by atoms with van der Waals surface area (Å²) < 4.78 is 6.31. The van der Waals surface area contributed by atoms with Gasteiger partial charge in [0, 0.05) is 12.3 Å². The Labute approximate surface area is 116 Å². The zero-order chi connectivity index (χ0) is 14.8. The van der Waals surface area contributed by atoms with Crippen LogP contribution in [0, 0.1) is 5.41 Å². The Morgan fingerprint density at radius 3 is 2.75 bits per heavy atom. The van der Waals surface area contributed by atoms with Crippen molar-refractivity contribution in [1.29, 1.82) is 0 Å². The van der Waals surface area contributed by atoms with Crippen LogP contribution in [-0.4, -0.2) is 55.6 Å². The van der Waals surface area contributed by atoms with E-state index in [1.165, 1.54) is 11.6 Å². The van der Waals surface area contributed by atoms with E-state index in [0.717, 1.165) is 0 Å². The molecule has 3 N–H and O–H groups in total.